The highest BCUT2D eigenvalue weighted by molar-refractivity contribution is 4.74. The second-order valence-corrected chi connectivity index (χ2v) is 3.86. The zero-order chi connectivity index (χ0) is 9.68. The second-order valence-electron chi connectivity index (χ2n) is 3.86. The van der Waals surface area contributed by atoms with Crippen LogP contribution < -0.4 is 0 Å². The van der Waals surface area contributed by atoms with Crippen molar-refractivity contribution < 1.29 is 10.3 Å². The monoisotopic (exact) mass is 204 g/mol. The summed E-state index contributed by atoms with van der Waals surface area (Å²) in [4.78, 5) is 7.77. The number of hydrogen-bond donors (Lipinski definition) is 0. The van der Waals surface area contributed by atoms with E-state index in [2.05, 4.69) is 23.9 Å². The molecule has 0 atom stereocenters. The van der Waals surface area contributed by atoms with E-state index < -0.39 is 0 Å². The maximum atomic E-state index is 5.38. The molecule has 0 aromatic heterocycles. The lowest BCUT2D eigenvalue weighted by atomic mass is 10.1. The standard InChI is InChI=1S/C10H22N2O.H2O/c1-4-7-12(13-3)10-5-8-11(2)9-6-10;/h10H,4-9H2,1-3H3;1H2. The van der Waals surface area contributed by atoms with E-state index >= 15 is 0 Å². The quantitative estimate of drug-likeness (QED) is 0.628. The Kier molecular flexibility index (Phi) is 7.09. The van der Waals surface area contributed by atoms with E-state index in [1.807, 2.05) is 0 Å². The number of piperidine rings is 1. The third kappa shape index (κ3) is 3.92. The minimum absolute atomic E-state index is 0. The van der Waals surface area contributed by atoms with Crippen LogP contribution >= 0.6 is 0 Å². The van der Waals surface area contributed by atoms with Crippen LogP contribution in [0.15, 0.2) is 0 Å². The van der Waals surface area contributed by atoms with Crippen molar-refractivity contribution in [3.63, 3.8) is 0 Å². The molecule has 86 valence electrons. The first kappa shape index (κ1) is 13.8. The second kappa shape index (κ2) is 7.17. The minimum Gasteiger partial charge on any atom is -0.412 e. The Labute approximate surface area is 87.1 Å². The number of nitrogens with zero attached hydrogens (tertiary/aromatic N) is 2. The largest absolute Gasteiger partial charge is 0.412 e. The highest BCUT2D eigenvalue weighted by Gasteiger charge is 2.22. The molecule has 0 aromatic rings. The summed E-state index contributed by atoms with van der Waals surface area (Å²) in [5.74, 6) is 0. The maximum Gasteiger partial charge on any atom is 0.0575 e. The van der Waals surface area contributed by atoms with Gasteiger partial charge < -0.3 is 15.2 Å². The summed E-state index contributed by atoms with van der Waals surface area (Å²) in [6, 6.07) is 0.640. The molecule has 4 nitrogen and oxygen atoms in total. The van der Waals surface area contributed by atoms with Gasteiger partial charge in [-0.05, 0) is 39.4 Å². The topological polar surface area (TPSA) is 47.2 Å². The molecule has 0 radical (unpaired) electrons. The van der Waals surface area contributed by atoms with E-state index in [-0.39, 0.29) is 5.48 Å². The first-order valence-electron chi connectivity index (χ1n) is 5.27. The molecule has 0 saturated carbocycles. The Morgan fingerprint density at radius 1 is 1.36 bits per heavy atom. The van der Waals surface area contributed by atoms with Gasteiger partial charge in [-0.2, -0.15) is 5.06 Å². The number of hydroxylamine groups is 2. The molecule has 1 heterocycles. The first-order chi connectivity index (χ1) is 6.27. The van der Waals surface area contributed by atoms with Gasteiger partial charge >= 0.3 is 0 Å². The lowest BCUT2D eigenvalue weighted by molar-refractivity contribution is -0.170. The van der Waals surface area contributed by atoms with Crippen molar-refractivity contribution in [2.45, 2.75) is 32.2 Å². The van der Waals surface area contributed by atoms with Crippen LogP contribution in [-0.2, 0) is 4.84 Å². The van der Waals surface area contributed by atoms with Crippen molar-refractivity contribution in [3.8, 4) is 0 Å². The van der Waals surface area contributed by atoms with Crippen molar-refractivity contribution in [1.29, 1.82) is 0 Å². The molecule has 0 amide bonds. The van der Waals surface area contributed by atoms with Gasteiger partial charge in [-0.1, -0.05) is 6.92 Å². The van der Waals surface area contributed by atoms with Gasteiger partial charge in [0.2, 0.25) is 0 Å². The summed E-state index contributed by atoms with van der Waals surface area (Å²) in [6.45, 7) is 5.66. The fourth-order valence-corrected chi connectivity index (χ4v) is 1.93. The summed E-state index contributed by atoms with van der Waals surface area (Å²) in [6.07, 6.45) is 3.65. The number of hydrogen-bond acceptors (Lipinski definition) is 3. The van der Waals surface area contributed by atoms with Crippen LogP contribution in [0, 0.1) is 0 Å². The number of likely N-dealkylation sites (tertiary alicyclic amines) is 1. The van der Waals surface area contributed by atoms with E-state index in [0.29, 0.717) is 6.04 Å². The maximum absolute atomic E-state index is 5.38. The van der Waals surface area contributed by atoms with Crippen molar-refractivity contribution >= 4 is 0 Å². The van der Waals surface area contributed by atoms with Gasteiger partial charge in [-0.15, -0.1) is 0 Å². The zero-order valence-electron chi connectivity index (χ0n) is 9.62. The van der Waals surface area contributed by atoms with E-state index in [9.17, 15) is 0 Å². The Morgan fingerprint density at radius 2 is 1.93 bits per heavy atom. The Hall–Kier alpha value is -0.160. The van der Waals surface area contributed by atoms with Crippen molar-refractivity contribution in [2.75, 3.05) is 33.8 Å². The SMILES string of the molecule is CCCN(OC)C1CCN(C)CC1.O. The van der Waals surface area contributed by atoms with E-state index in [0.717, 1.165) is 6.54 Å². The molecular weight excluding hydrogens is 180 g/mol. The lowest BCUT2D eigenvalue weighted by Crippen LogP contribution is -2.43. The third-order valence-electron chi connectivity index (χ3n) is 2.77. The molecule has 1 fully saturated rings. The average molecular weight is 204 g/mol. The third-order valence-corrected chi connectivity index (χ3v) is 2.77. The molecule has 0 aliphatic carbocycles. The zero-order valence-corrected chi connectivity index (χ0v) is 9.62. The predicted octanol–water partition coefficient (Wildman–Crippen LogP) is 0.529. The lowest BCUT2D eigenvalue weighted by Gasteiger charge is -2.35. The minimum atomic E-state index is 0. The van der Waals surface area contributed by atoms with Crippen molar-refractivity contribution in [1.82, 2.24) is 9.96 Å². The molecular formula is C10H24N2O2. The number of rotatable bonds is 4. The molecule has 0 unspecified atom stereocenters. The van der Waals surface area contributed by atoms with Crippen LogP contribution in [0.4, 0.5) is 0 Å². The van der Waals surface area contributed by atoms with Crippen molar-refractivity contribution in [3.05, 3.63) is 0 Å². The van der Waals surface area contributed by atoms with Gasteiger partial charge in [-0.3, -0.25) is 0 Å². The van der Waals surface area contributed by atoms with E-state index in [4.69, 9.17) is 4.84 Å². The van der Waals surface area contributed by atoms with Crippen LogP contribution in [0.2, 0.25) is 0 Å². The normalized spacial score (nSPS) is 19.7. The molecule has 0 aromatic carbocycles. The molecule has 0 bridgehead atoms. The fourth-order valence-electron chi connectivity index (χ4n) is 1.93. The van der Waals surface area contributed by atoms with Crippen LogP contribution in [-0.4, -0.2) is 55.3 Å². The van der Waals surface area contributed by atoms with Gasteiger partial charge in [0.05, 0.1) is 7.11 Å². The van der Waals surface area contributed by atoms with Gasteiger partial charge in [-0.25, -0.2) is 0 Å². The highest BCUT2D eigenvalue weighted by Crippen LogP contribution is 2.15. The molecule has 2 N–H and O–H groups in total. The summed E-state index contributed by atoms with van der Waals surface area (Å²) >= 11 is 0. The molecule has 14 heavy (non-hydrogen) atoms. The summed E-state index contributed by atoms with van der Waals surface area (Å²) in [5, 5.41) is 2.15. The van der Waals surface area contributed by atoms with Crippen LogP contribution in [0.3, 0.4) is 0 Å². The Bertz CT molecular complexity index is 136. The highest BCUT2D eigenvalue weighted by atomic mass is 16.7. The molecule has 1 saturated heterocycles. The van der Waals surface area contributed by atoms with Gasteiger partial charge in [0.25, 0.3) is 0 Å². The van der Waals surface area contributed by atoms with Crippen molar-refractivity contribution in [2.24, 2.45) is 0 Å². The van der Waals surface area contributed by atoms with Crippen LogP contribution in [0.25, 0.3) is 0 Å². The molecule has 1 aliphatic rings. The van der Waals surface area contributed by atoms with Crippen LogP contribution in [0.5, 0.6) is 0 Å². The summed E-state index contributed by atoms with van der Waals surface area (Å²) in [7, 11) is 3.97. The summed E-state index contributed by atoms with van der Waals surface area (Å²) < 4.78 is 0. The molecule has 0 spiro atoms. The van der Waals surface area contributed by atoms with Gasteiger partial charge in [0.1, 0.15) is 0 Å². The molecule has 4 heteroatoms. The summed E-state index contributed by atoms with van der Waals surface area (Å²) in [5.41, 5.74) is 0. The van der Waals surface area contributed by atoms with Crippen LogP contribution in [0.1, 0.15) is 26.2 Å². The first-order valence-corrected chi connectivity index (χ1v) is 5.27. The predicted molar refractivity (Wildman–Crippen MR) is 58.1 cm³/mol. The van der Waals surface area contributed by atoms with E-state index in [1.54, 1.807) is 7.11 Å². The van der Waals surface area contributed by atoms with Gasteiger partial charge in [0, 0.05) is 12.6 Å². The smallest absolute Gasteiger partial charge is 0.0575 e. The average Bonchev–Trinajstić information content (AvgIpc) is 2.16. The Morgan fingerprint density at radius 3 is 2.36 bits per heavy atom. The molecule has 1 rings (SSSR count). The van der Waals surface area contributed by atoms with E-state index in [1.165, 1.54) is 32.4 Å². The Balaban J connectivity index is 0.00000169. The fraction of sp³-hybridized carbons (Fsp3) is 1.00. The molecule has 1 aliphatic heterocycles. The van der Waals surface area contributed by atoms with Gasteiger partial charge in [0.15, 0.2) is 0 Å².